The summed E-state index contributed by atoms with van der Waals surface area (Å²) in [4.78, 5) is 0. The molecule has 1 saturated carbocycles. The Balaban J connectivity index is 2.02. The smallest absolute Gasteiger partial charge is 0.142 e. The van der Waals surface area contributed by atoms with Gasteiger partial charge in [0.15, 0.2) is 0 Å². The van der Waals surface area contributed by atoms with Gasteiger partial charge in [0.25, 0.3) is 0 Å². The summed E-state index contributed by atoms with van der Waals surface area (Å²) in [5.74, 6) is 0.325. The molecule has 17 heavy (non-hydrogen) atoms. The van der Waals surface area contributed by atoms with E-state index in [1.807, 2.05) is 13.1 Å². The molecule has 0 aromatic heterocycles. The highest BCUT2D eigenvalue weighted by Gasteiger charge is 2.22. The molecule has 2 atom stereocenters. The van der Waals surface area contributed by atoms with Crippen LogP contribution in [0.15, 0.2) is 18.2 Å². The molecule has 0 amide bonds. The van der Waals surface area contributed by atoms with E-state index in [1.54, 1.807) is 6.07 Å². The highest BCUT2D eigenvalue weighted by atomic mass is 35.5. The van der Waals surface area contributed by atoms with Gasteiger partial charge in [0.1, 0.15) is 5.82 Å². The van der Waals surface area contributed by atoms with E-state index < -0.39 is 0 Å². The van der Waals surface area contributed by atoms with Crippen LogP contribution in [0.25, 0.3) is 0 Å². The minimum absolute atomic E-state index is 0.301. The van der Waals surface area contributed by atoms with Crippen LogP contribution in [0, 0.1) is 11.7 Å². The summed E-state index contributed by atoms with van der Waals surface area (Å²) in [5.41, 5.74) is 0.952. The molecule has 0 radical (unpaired) electrons. The molecule has 2 unspecified atom stereocenters. The lowest BCUT2D eigenvalue weighted by Gasteiger charge is -2.29. The van der Waals surface area contributed by atoms with Gasteiger partial charge < -0.3 is 5.32 Å². The summed E-state index contributed by atoms with van der Waals surface area (Å²) >= 11 is 5.99. The largest absolute Gasteiger partial charge is 0.317 e. The quantitative estimate of drug-likeness (QED) is 0.866. The fraction of sp³-hybridized carbons (Fsp3) is 0.571. The predicted molar refractivity (Wildman–Crippen MR) is 69.9 cm³/mol. The van der Waals surface area contributed by atoms with Gasteiger partial charge in [-0.25, -0.2) is 4.39 Å². The van der Waals surface area contributed by atoms with Crippen LogP contribution in [0.1, 0.15) is 31.2 Å². The summed E-state index contributed by atoms with van der Waals surface area (Å²) in [6.45, 7) is 0. The van der Waals surface area contributed by atoms with E-state index in [0.717, 1.165) is 12.0 Å². The molecule has 1 aromatic rings. The number of nitrogens with one attached hydrogen (secondary N) is 1. The van der Waals surface area contributed by atoms with E-state index >= 15 is 0 Å². The molecule has 1 aliphatic rings. The van der Waals surface area contributed by atoms with Crippen molar-refractivity contribution in [3.8, 4) is 0 Å². The van der Waals surface area contributed by atoms with Crippen LogP contribution in [0.2, 0.25) is 5.02 Å². The van der Waals surface area contributed by atoms with Gasteiger partial charge in [-0.05, 0) is 43.9 Å². The zero-order valence-corrected chi connectivity index (χ0v) is 10.9. The SMILES string of the molecule is CNC1CCCC(Cc2cccc(F)c2Cl)C1. The minimum Gasteiger partial charge on any atom is -0.317 e. The van der Waals surface area contributed by atoms with Crippen LogP contribution in [-0.2, 0) is 6.42 Å². The van der Waals surface area contributed by atoms with Crippen molar-refractivity contribution in [3.05, 3.63) is 34.6 Å². The normalized spacial score (nSPS) is 24.9. The Hall–Kier alpha value is -0.600. The fourth-order valence-electron chi connectivity index (χ4n) is 2.76. The Kier molecular flexibility index (Phi) is 4.41. The molecule has 1 aromatic carbocycles. The molecule has 0 bridgehead atoms. The lowest BCUT2D eigenvalue weighted by molar-refractivity contribution is 0.294. The first kappa shape index (κ1) is 12.8. The third-order valence-corrected chi connectivity index (χ3v) is 4.15. The predicted octanol–water partition coefficient (Wildman–Crippen LogP) is 3.80. The molecule has 3 heteroatoms. The van der Waals surface area contributed by atoms with Crippen molar-refractivity contribution in [2.75, 3.05) is 7.05 Å². The second-order valence-electron chi connectivity index (χ2n) is 4.94. The van der Waals surface area contributed by atoms with Crippen molar-refractivity contribution in [3.63, 3.8) is 0 Å². The average molecular weight is 256 g/mol. The third kappa shape index (κ3) is 3.20. The zero-order valence-electron chi connectivity index (χ0n) is 10.2. The van der Waals surface area contributed by atoms with Crippen LogP contribution >= 0.6 is 11.6 Å². The summed E-state index contributed by atoms with van der Waals surface area (Å²) < 4.78 is 13.3. The number of benzene rings is 1. The Morgan fingerprint density at radius 2 is 2.24 bits per heavy atom. The first-order valence-electron chi connectivity index (χ1n) is 6.31. The maximum absolute atomic E-state index is 13.3. The van der Waals surface area contributed by atoms with E-state index in [-0.39, 0.29) is 5.82 Å². The molecule has 0 aliphatic heterocycles. The van der Waals surface area contributed by atoms with Crippen molar-refractivity contribution in [2.45, 2.75) is 38.1 Å². The van der Waals surface area contributed by atoms with Crippen molar-refractivity contribution in [2.24, 2.45) is 5.92 Å². The minimum atomic E-state index is -0.301. The Morgan fingerprint density at radius 3 is 3.00 bits per heavy atom. The molecule has 94 valence electrons. The van der Waals surface area contributed by atoms with Gasteiger partial charge in [0.2, 0.25) is 0 Å². The Labute approximate surface area is 107 Å². The summed E-state index contributed by atoms with van der Waals surface area (Å²) in [5, 5.41) is 3.64. The summed E-state index contributed by atoms with van der Waals surface area (Å²) in [6, 6.07) is 5.72. The van der Waals surface area contributed by atoms with Gasteiger partial charge in [-0.15, -0.1) is 0 Å². The highest BCUT2D eigenvalue weighted by Crippen LogP contribution is 2.30. The summed E-state index contributed by atoms with van der Waals surface area (Å²) in [7, 11) is 2.02. The third-order valence-electron chi connectivity index (χ3n) is 3.73. The van der Waals surface area contributed by atoms with E-state index in [1.165, 1.54) is 31.7 Å². The molecule has 1 nitrogen and oxygen atoms in total. The van der Waals surface area contributed by atoms with Crippen LogP contribution < -0.4 is 5.32 Å². The van der Waals surface area contributed by atoms with Gasteiger partial charge in [-0.3, -0.25) is 0 Å². The molecule has 0 heterocycles. The first-order chi connectivity index (χ1) is 8.20. The summed E-state index contributed by atoms with van der Waals surface area (Å²) in [6.07, 6.45) is 5.80. The standard InChI is InChI=1S/C14H19ClFN/c1-17-12-6-2-4-10(9-12)8-11-5-3-7-13(16)14(11)15/h3,5,7,10,12,17H,2,4,6,8-9H2,1H3. The van der Waals surface area contributed by atoms with E-state index in [2.05, 4.69) is 5.32 Å². The van der Waals surface area contributed by atoms with Crippen LogP contribution in [0.4, 0.5) is 4.39 Å². The van der Waals surface area contributed by atoms with Crippen molar-refractivity contribution >= 4 is 11.6 Å². The monoisotopic (exact) mass is 255 g/mol. The number of hydrogen-bond donors (Lipinski definition) is 1. The van der Waals surface area contributed by atoms with Gasteiger partial charge in [0, 0.05) is 6.04 Å². The van der Waals surface area contributed by atoms with Gasteiger partial charge in [-0.1, -0.05) is 36.6 Å². The second kappa shape index (κ2) is 5.83. The molecular formula is C14H19ClFN. The number of hydrogen-bond acceptors (Lipinski definition) is 1. The van der Waals surface area contributed by atoms with Crippen molar-refractivity contribution in [1.82, 2.24) is 5.32 Å². The van der Waals surface area contributed by atoms with E-state index in [9.17, 15) is 4.39 Å². The molecule has 1 aliphatic carbocycles. The molecule has 0 spiro atoms. The second-order valence-corrected chi connectivity index (χ2v) is 5.31. The van der Waals surface area contributed by atoms with Crippen LogP contribution in [0.3, 0.4) is 0 Å². The molecule has 0 saturated heterocycles. The molecular weight excluding hydrogens is 237 g/mol. The van der Waals surface area contributed by atoms with Crippen molar-refractivity contribution in [1.29, 1.82) is 0 Å². The van der Waals surface area contributed by atoms with Gasteiger partial charge >= 0.3 is 0 Å². The van der Waals surface area contributed by atoms with Crippen LogP contribution in [0.5, 0.6) is 0 Å². The highest BCUT2D eigenvalue weighted by molar-refractivity contribution is 6.31. The Bertz CT molecular complexity index is 380. The lowest BCUT2D eigenvalue weighted by atomic mass is 9.82. The van der Waals surface area contributed by atoms with Crippen molar-refractivity contribution < 1.29 is 4.39 Å². The van der Waals surface area contributed by atoms with Crippen LogP contribution in [-0.4, -0.2) is 13.1 Å². The number of rotatable bonds is 3. The molecule has 2 rings (SSSR count). The van der Waals surface area contributed by atoms with Gasteiger partial charge in [-0.2, -0.15) is 0 Å². The van der Waals surface area contributed by atoms with Gasteiger partial charge in [0.05, 0.1) is 5.02 Å². The fourth-order valence-corrected chi connectivity index (χ4v) is 2.96. The maximum atomic E-state index is 13.3. The topological polar surface area (TPSA) is 12.0 Å². The lowest BCUT2D eigenvalue weighted by Crippen LogP contribution is -2.32. The number of halogens is 2. The maximum Gasteiger partial charge on any atom is 0.142 e. The molecule has 1 N–H and O–H groups in total. The molecule has 1 fully saturated rings. The zero-order chi connectivity index (χ0) is 12.3. The Morgan fingerprint density at radius 1 is 1.41 bits per heavy atom. The van der Waals surface area contributed by atoms with E-state index in [0.29, 0.717) is 17.0 Å². The average Bonchev–Trinajstić information content (AvgIpc) is 2.35. The van der Waals surface area contributed by atoms with E-state index in [4.69, 9.17) is 11.6 Å². The first-order valence-corrected chi connectivity index (χ1v) is 6.68.